The van der Waals surface area contributed by atoms with Crippen LogP contribution in [0.2, 0.25) is 13.1 Å². The Labute approximate surface area is 181 Å². The molecular formula is C25H46O3Si. The summed E-state index contributed by atoms with van der Waals surface area (Å²) < 4.78 is 17.3. The predicted octanol–water partition coefficient (Wildman–Crippen LogP) is 8.27. The van der Waals surface area contributed by atoms with Gasteiger partial charge in [0.2, 0.25) is 0 Å². The number of hydrogen-bond donors (Lipinski definition) is 0. The van der Waals surface area contributed by atoms with Gasteiger partial charge in [-0.15, -0.1) is 0 Å². The van der Waals surface area contributed by atoms with Crippen LogP contribution in [0.5, 0.6) is 11.5 Å². The Morgan fingerprint density at radius 1 is 0.621 bits per heavy atom. The van der Waals surface area contributed by atoms with Gasteiger partial charge in [-0.3, -0.25) is 0 Å². The molecular weight excluding hydrogens is 376 g/mol. The van der Waals surface area contributed by atoms with Crippen molar-refractivity contribution < 1.29 is 13.6 Å². The van der Waals surface area contributed by atoms with Crippen molar-refractivity contribution in [1.82, 2.24) is 0 Å². The molecule has 168 valence electrons. The minimum atomic E-state index is -2.12. The molecule has 0 heterocycles. The monoisotopic (exact) mass is 422 g/mol. The number of rotatable bonds is 19. The van der Waals surface area contributed by atoms with Gasteiger partial charge in [0, 0.05) is 6.61 Å². The van der Waals surface area contributed by atoms with Gasteiger partial charge in [0.05, 0.1) is 7.11 Å². The van der Waals surface area contributed by atoms with Crippen LogP contribution < -0.4 is 9.16 Å². The lowest BCUT2D eigenvalue weighted by molar-refractivity contribution is 0.240. The quantitative estimate of drug-likeness (QED) is 0.166. The molecule has 1 aromatic carbocycles. The molecule has 0 aliphatic carbocycles. The van der Waals surface area contributed by atoms with Gasteiger partial charge in [0.1, 0.15) is 11.5 Å². The topological polar surface area (TPSA) is 27.7 Å². The van der Waals surface area contributed by atoms with Crippen LogP contribution in [0.15, 0.2) is 24.3 Å². The van der Waals surface area contributed by atoms with Crippen molar-refractivity contribution in [2.75, 3.05) is 13.7 Å². The third-order valence-corrected chi connectivity index (χ3v) is 7.00. The van der Waals surface area contributed by atoms with E-state index < -0.39 is 8.56 Å². The molecule has 0 aromatic heterocycles. The molecule has 0 N–H and O–H groups in total. The number of benzene rings is 1. The van der Waals surface area contributed by atoms with Gasteiger partial charge < -0.3 is 13.6 Å². The highest BCUT2D eigenvalue weighted by Crippen LogP contribution is 2.21. The third kappa shape index (κ3) is 14.6. The van der Waals surface area contributed by atoms with E-state index in [0.29, 0.717) is 0 Å². The minimum absolute atomic E-state index is 0.813. The first-order valence-corrected chi connectivity index (χ1v) is 14.9. The molecule has 0 spiro atoms. The van der Waals surface area contributed by atoms with E-state index in [4.69, 9.17) is 13.6 Å². The largest absolute Gasteiger partial charge is 0.520 e. The van der Waals surface area contributed by atoms with Gasteiger partial charge in [0.25, 0.3) is 0 Å². The SMILES string of the molecule is CCCCCCCCCCCCCCCCO[Si](C)(C)Oc1ccc(OC)cc1. The lowest BCUT2D eigenvalue weighted by atomic mass is 10.0. The average molecular weight is 423 g/mol. The first-order valence-electron chi connectivity index (χ1n) is 12.0. The Kier molecular flexibility index (Phi) is 15.0. The summed E-state index contributed by atoms with van der Waals surface area (Å²) in [6, 6.07) is 7.74. The van der Waals surface area contributed by atoms with Crippen LogP contribution >= 0.6 is 0 Å². The van der Waals surface area contributed by atoms with E-state index in [9.17, 15) is 0 Å². The van der Waals surface area contributed by atoms with Crippen LogP contribution in [0.3, 0.4) is 0 Å². The smallest absolute Gasteiger partial charge is 0.392 e. The highest BCUT2D eigenvalue weighted by molar-refractivity contribution is 6.65. The van der Waals surface area contributed by atoms with E-state index in [1.807, 2.05) is 24.3 Å². The summed E-state index contributed by atoms with van der Waals surface area (Å²) in [6.45, 7) is 7.32. The molecule has 1 aromatic rings. The Morgan fingerprint density at radius 2 is 1.03 bits per heavy atom. The number of hydrogen-bond acceptors (Lipinski definition) is 3. The molecule has 0 unspecified atom stereocenters. The van der Waals surface area contributed by atoms with Crippen LogP contribution in [-0.2, 0) is 4.43 Å². The third-order valence-electron chi connectivity index (χ3n) is 5.37. The number of ether oxygens (including phenoxy) is 1. The molecule has 0 radical (unpaired) electrons. The van der Waals surface area contributed by atoms with Gasteiger partial charge in [-0.05, 0) is 43.8 Å². The van der Waals surface area contributed by atoms with Crippen molar-refractivity contribution in [1.29, 1.82) is 0 Å². The van der Waals surface area contributed by atoms with Crippen LogP contribution in [-0.4, -0.2) is 22.3 Å². The van der Waals surface area contributed by atoms with Crippen LogP contribution in [0, 0.1) is 0 Å². The molecule has 0 aliphatic rings. The van der Waals surface area contributed by atoms with Gasteiger partial charge in [-0.25, -0.2) is 0 Å². The van der Waals surface area contributed by atoms with E-state index >= 15 is 0 Å². The van der Waals surface area contributed by atoms with Crippen LogP contribution in [0.1, 0.15) is 96.8 Å². The summed E-state index contributed by atoms with van der Waals surface area (Å²) in [6.07, 6.45) is 19.3. The first-order chi connectivity index (χ1) is 14.1. The normalized spacial score (nSPS) is 11.6. The summed E-state index contributed by atoms with van der Waals surface area (Å²) in [5.41, 5.74) is 0. The Morgan fingerprint density at radius 3 is 1.48 bits per heavy atom. The summed E-state index contributed by atoms with van der Waals surface area (Å²) in [5, 5.41) is 0. The van der Waals surface area contributed by atoms with Gasteiger partial charge >= 0.3 is 8.56 Å². The average Bonchev–Trinajstić information content (AvgIpc) is 2.71. The fraction of sp³-hybridized carbons (Fsp3) is 0.760. The van der Waals surface area contributed by atoms with Crippen LogP contribution in [0.25, 0.3) is 0 Å². The van der Waals surface area contributed by atoms with Gasteiger partial charge in [0.15, 0.2) is 0 Å². The summed E-state index contributed by atoms with van der Waals surface area (Å²) in [4.78, 5) is 0. The molecule has 0 atom stereocenters. The van der Waals surface area contributed by atoms with Crippen molar-refractivity contribution in [2.24, 2.45) is 0 Å². The fourth-order valence-corrected chi connectivity index (χ4v) is 4.97. The molecule has 4 heteroatoms. The van der Waals surface area contributed by atoms with Crippen molar-refractivity contribution >= 4 is 8.56 Å². The summed E-state index contributed by atoms with van der Waals surface area (Å²) in [5.74, 6) is 1.71. The van der Waals surface area contributed by atoms with Gasteiger partial charge in [-0.1, -0.05) is 90.4 Å². The van der Waals surface area contributed by atoms with Crippen molar-refractivity contribution in [3.63, 3.8) is 0 Å². The maximum absolute atomic E-state index is 6.08. The molecule has 3 nitrogen and oxygen atoms in total. The second kappa shape index (κ2) is 16.8. The first kappa shape index (κ1) is 26.0. The Balaban J connectivity index is 1.91. The van der Waals surface area contributed by atoms with E-state index in [-0.39, 0.29) is 0 Å². The zero-order valence-corrected chi connectivity index (χ0v) is 20.6. The predicted molar refractivity (Wildman–Crippen MR) is 127 cm³/mol. The summed E-state index contributed by atoms with van der Waals surface area (Å²) in [7, 11) is -0.443. The van der Waals surface area contributed by atoms with Crippen LogP contribution in [0.4, 0.5) is 0 Å². The Hall–Kier alpha value is -1.00. The second-order valence-electron chi connectivity index (χ2n) is 8.62. The molecule has 0 fully saturated rings. The number of methoxy groups -OCH3 is 1. The molecule has 0 amide bonds. The highest BCUT2D eigenvalue weighted by atomic mass is 28.4. The maximum atomic E-state index is 6.08. The van der Waals surface area contributed by atoms with Gasteiger partial charge in [-0.2, -0.15) is 0 Å². The minimum Gasteiger partial charge on any atom is -0.520 e. The molecule has 0 saturated heterocycles. The second-order valence-corrected chi connectivity index (χ2v) is 11.9. The fourth-order valence-electron chi connectivity index (χ4n) is 3.57. The standard InChI is InChI=1S/C25H46O3Si/c1-5-6-7-8-9-10-11-12-13-14-15-16-17-18-23-27-29(3,4)28-25-21-19-24(26-2)20-22-25/h19-22H,5-18,23H2,1-4H3. The molecule has 0 saturated carbocycles. The van der Waals surface area contributed by atoms with Crippen molar-refractivity contribution in [2.45, 2.75) is 110 Å². The summed E-state index contributed by atoms with van der Waals surface area (Å²) >= 11 is 0. The van der Waals surface area contributed by atoms with E-state index in [1.54, 1.807) is 7.11 Å². The van der Waals surface area contributed by atoms with E-state index in [0.717, 1.165) is 24.5 Å². The molecule has 1 rings (SSSR count). The highest BCUT2D eigenvalue weighted by Gasteiger charge is 2.26. The maximum Gasteiger partial charge on any atom is 0.392 e. The lowest BCUT2D eigenvalue weighted by Crippen LogP contribution is -2.38. The molecule has 0 bridgehead atoms. The molecule has 0 aliphatic heterocycles. The van der Waals surface area contributed by atoms with E-state index in [2.05, 4.69) is 20.0 Å². The molecule has 29 heavy (non-hydrogen) atoms. The van der Waals surface area contributed by atoms with E-state index in [1.165, 1.54) is 83.5 Å². The number of unbranched alkanes of at least 4 members (excludes halogenated alkanes) is 13. The zero-order chi connectivity index (χ0) is 21.2. The van der Waals surface area contributed by atoms with Crippen molar-refractivity contribution in [3.05, 3.63) is 24.3 Å². The van der Waals surface area contributed by atoms with Crippen molar-refractivity contribution in [3.8, 4) is 11.5 Å². The zero-order valence-electron chi connectivity index (χ0n) is 19.6. The Bertz CT molecular complexity index is 487. The lowest BCUT2D eigenvalue weighted by Gasteiger charge is -2.24.